The van der Waals surface area contributed by atoms with Gasteiger partial charge in [-0.15, -0.1) is 12.4 Å². The maximum Gasteiger partial charge on any atom is 0.231 e. The first-order valence-corrected chi connectivity index (χ1v) is 7.81. The summed E-state index contributed by atoms with van der Waals surface area (Å²) in [6.45, 7) is 1.90. The minimum absolute atomic E-state index is 0. The average molecular weight is 320 g/mol. The van der Waals surface area contributed by atoms with Crippen LogP contribution in [0.15, 0.2) is 34.9 Å². The lowest BCUT2D eigenvalue weighted by molar-refractivity contribution is 0.120. The van der Waals surface area contributed by atoms with Gasteiger partial charge in [0.1, 0.15) is 0 Å². The van der Waals surface area contributed by atoms with Gasteiger partial charge in [0.05, 0.1) is 5.92 Å². The van der Waals surface area contributed by atoms with E-state index in [2.05, 4.69) is 52.4 Å². The number of aryl methyl sites for hydroxylation is 1. The molecule has 0 amide bonds. The van der Waals surface area contributed by atoms with Crippen LogP contribution in [-0.2, 0) is 0 Å². The minimum Gasteiger partial charge on any atom is -0.339 e. The Morgan fingerprint density at radius 1 is 1.18 bits per heavy atom. The SMILES string of the molecule is Cc1noc([C@@H]2C3CCC(C[C@@H]2c2ccccc2)N3C)n1.Cl. The Morgan fingerprint density at radius 2 is 1.95 bits per heavy atom. The Kier molecular flexibility index (Phi) is 4.24. The first kappa shape index (κ1) is 15.5. The number of benzene rings is 1. The summed E-state index contributed by atoms with van der Waals surface area (Å²) in [5.74, 6) is 2.36. The summed E-state index contributed by atoms with van der Waals surface area (Å²) in [6.07, 6.45) is 3.70. The fraction of sp³-hybridized carbons (Fsp3) is 0.529. The van der Waals surface area contributed by atoms with Crippen molar-refractivity contribution in [3.8, 4) is 0 Å². The molecule has 2 saturated heterocycles. The number of hydrogen-bond acceptors (Lipinski definition) is 4. The quantitative estimate of drug-likeness (QED) is 0.849. The molecule has 22 heavy (non-hydrogen) atoms. The number of rotatable bonds is 2. The number of piperidine rings is 1. The second-order valence-electron chi connectivity index (χ2n) is 6.42. The van der Waals surface area contributed by atoms with E-state index in [4.69, 9.17) is 4.52 Å². The third-order valence-corrected chi connectivity index (χ3v) is 5.32. The van der Waals surface area contributed by atoms with Gasteiger partial charge >= 0.3 is 0 Å². The van der Waals surface area contributed by atoms with Crippen molar-refractivity contribution in [3.05, 3.63) is 47.6 Å². The molecule has 4 atom stereocenters. The molecule has 5 heteroatoms. The molecule has 4 nitrogen and oxygen atoms in total. The Morgan fingerprint density at radius 3 is 2.64 bits per heavy atom. The van der Waals surface area contributed by atoms with Crippen molar-refractivity contribution < 1.29 is 4.52 Å². The predicted octanol–water partition coefficient (Wildman–Crippen LogP) is 3.53. The van der Waals surface area contributed by atoms with Crippen LogP contribution in [0.3, 0.4) is 0 Å². The molecule has 2 bridgehead atoms. The summed E-state index contributed by atoms with van der Waals surface area (Å²) < 4.78 is 5.57. The molecule has 0 aliphatic carbocycles. The van der Waals surface area contributed by atoms with Crippen LogP contribution in [0.25, 0.3) is 0 Å². The van der Waals surface area contributed by atoms with Crippen molar-refractivity contribution in [2.45, 2.75) is 50.1 Å². The molecule has 2 unspecified atom stereocenters. The van der Waals surface area contributed by atoms with Crippen molar-refractivity contribution in [3.63, 3.8) is 0 Å². The molecule has 4 rings (SSSR count). The van der Waals surface area contributed by atoms with Gasteiger partial charge in [0.2, 0.25) is 5.89 Å². The van der Waals surface area contributed by atoms with Crippen molar-refractivity contribution >= 4 is 12.4 Å². The fourth-order valence-corrected chi connectivity index (χ4v) is 4.29. The molecular weight excluding hydrogens is 298 g/mol. The maximum atomic E-state index is 5.57. The highest BCUT2D eigenvalue weighted by molar-refractivity contribution is 5.85. The monoisotopic (exact) mass is 319 g/mol. The zero-order valence-electron chi connectivity index (χ0n) is 13.0. The molecule has 2 aliphatic heterocycles. The second kappa shape index (κ2) is 6.01. The Balaban J connectivity index is 0.00000144. The largest absolute Gasteiger partial charge is 0.339 e. The van der Waals surface area contributed by atoms with E-state index in [1.807, 2.05) is 6.92 Å². The molecule has 0 radical (unpaired) electrons. The smallest absolute Gasteiger partial charge is 0.231 e. The van der Waals surface area contributed by atoms with Crippen LogP contribution in [0, 0.1) is 6.92 Å². The molecule has 3 heterocycles. The Labute approximate surface area is 137 Å². The Hall–Kier alpha value is -1.39. The summed E-state index contributed by atoms with van der Waals surface area (Å²) in [5, 5.41) is 4.02. The molecule has 0 saturated carbocycles. The van der Waals surface area contributed by atoms with Crippen LogP contribution in [0.1, 0.15) is 48.4 Å². The number of nitrogens with zero attached hydrogens (tertiary/aromatic N) is 3. The summed E-state index contributed by atoms with van der Waals surface area (Å²) >= 11 is 0. The highest BCUT2D eigenvalue weighted by Gasteiger charge is 2.48. The van der Waals surface area contributed by atoms with Gasteiger partial charge < -0.3 is 4.52 Å². The second-order valence-corrected chi connectivity index (χ2v) is 6.42. The molecule has 118 valence electrons. The number of hydrogen-bond donors (Lipinski definition) is 0. The highest BCUT2D eigenvalue weighted by atomic mass is 35.5. The molecule has 2 fully saturated rings. The molecule has 0 N–H and O–H groups in total. The van der Waals surface area contributed by atoms with Crippen LogP contribution in [0.2, 0.25) is 0 Å². The molecule has 1 aromatic carbocycles. The molecule has 2 aliphatic rings. The standard InChI is InChI=1S/C17H21N3O.ClH/c1-11-18-17(21-19-11)16-14(12-6-4-3-5-7-12)10-13-8-9-15(16)20(13)2;/h3-7,13-16H,8-10H2,1-2H3;1H/t13?,14-,15?,16+;/m1./s1. The van der Waals surface area contributed by atoms with E-state index in [0.29, 0.717) is 23.9 Å². The van der Waals surface area contributed by atoms with Gasteiger partial charge in [0.25, 0.3) is 0 Å². The molecule has 0 spiro atoms. The van der Waals surface area contributed by atoms with Gasteiger partial charge in [-0.25, -0.2) is 0 Å². The summed E-state index contributed by atoms with van der Waals surface area (Å²) in [7, 11) is 2.25. The van der Waals surface area contributed by atoms with Crippen molar-refractivity contribution in [1.82, 2.24) is 15.0 Å². The normalized spacial score (nSPS) is 31.0. The first-order chi connectivity index (χ1) is 10.2. The van der Waals surface area contributed by atoms with Crippen LogP contribution in [0.4, 0.5) is 0 Å². The van der Waals surface area contributed by atoms with Crippen LogP contribution in [-0.4, -0.2) is 34.2 Å². The highest BCUT2D eigenvalue weighted by Crippen LogP contribution is 2.50. The van der Waals surface area contributed by atoms with E-state index in [1.165, 1.54) is 24.8 Å². The molecule has 2 aromatic rings. The third-order valence-electron chi connectivity index (χ3n) is 5.32. The zero-order chi connectivity index (χ0) is 14.4. The topological polar surface area (TPSA) is 42.2 Å². The number of likely N-dealkylation sites (N-methyl/N-ethyl adjacent to an activating group) is 1. The number of fused-ring (bicyclic) bond motifs is 2. The molecule has 1 aromatic heterocycles. The van der Waals surface area contributed by atoms with Crippen LogP contribution >= 0.6 is 12.4 Å². The lowest BCUT2D eigenvalue weighted by Crippen LogP contribution is -2.44. The van der Waals surface area contributed by atoms with Gasteiger partial charge in [-0.3, -0.25) is 4.90 Å². The minimum atomic E-state index is 0. The Bertz CT molecular complexity index is 630. The van der Waals surface area contributed by atoms with E-state index in [-0.39, 0.29) is 12.4 Å². The zero-order valence-corrected chi connectivity index (χ0v) is 13.8. The van der Waals surface area contributed by atoms with Gasteiger partial charge in [-0.05, 0) is 44.7 Å². The maximum absolute atomic E-state index is 5.57. The van der Waals surface area contributed by atoms with Gasteiger partial charge in [0, 0.05) is 12.1 Å². The summed E-state index contributed by atoms with van der Waals surface area (Å²) in [4.78, 5) is 7.09. The van der Waals surface area contributed by atoms with E-state index < -0.39 is 0 Å². The van der Waals surface area contributed by atoms with Gasteiger partial charge in [-0.2, -0.15) is 4.98 Å². The average Bonchev–Trinajstić information content (AvgIpc) is 3.01. The van der Waals surface area contributed by atoms with Crippen molar-refractivity contribution in [1.29, 1.82) is 0 Å². The van der Waals surface area contributed by atoms with Crippen molar-refractivity contribution in [2.24, 2.45) is 0 Å². The van der Waals surface area contributed by atoms with Crippen LogP contribution < -0.4 is 0 Å². The number of aromatic nitrogens is 2. The lowest BCUT2D eigenvalue weighted by atomic mass is 9.76. The molecular formula is C17H22ClN3O. The predicted molar refractivity (Wildman–Crippen MR) is 87.4 cm³/mol. The summed E-state index contributed by atoms with van der Waals surface area (Å²) in [5.41, 5.74) is 1.41. The van der Waals surface area contributed by atoms with E-state index in [0.717, 1.165) is 11.7 Å². The van der Waals surface area contributed by atoms with Gasteiger partial charge in [-0.1, -0.05) is 35.5 Å². The fourth-order valence-electron chi connectivity index (χ4n) is 4.29. The van der Waals surface area contributed by atoms with E-state index in [9.17, 15) is 0 Å². The van der Waals surface area contributed by atoms with E-state index >= 15 is 0 Å². The number of halogens is 1. The lowest BCUT2D eigenvalue weighted by Gasteiger charge is -2.41. The first-order valence-electron chi connectivity index (χ1n) is 7.81. The van der Waals surface area contributed by atoms with Gasteiger partial charge in [0.15, 0.2) is 5.82 Å². The van der Waals surface area contributed by atoms with Crippen LogP contribution in [0.5, 0.6) is 0 Å². The summed E-state index contributed by atoms with van der Waals surface area (Å²) in [6, 6.07) is 12.0. The van der Waals surface area contributed by atoms with E-state index in [1.54, 1.807) is 0 Å². The van der Waals surface area contributed by atoms with Crippen molar-refractivity contribution in [2.75, 3.05) is 7.05 Å². The third kappa shape index (κ3) is 2.44.